The number of halogens is 1. The number of carbonyl (C=O) groups excluding carboxylic acids is 1. The number of rotatable bonds is 10. The third-order valence-corrected chi connectivity index (χ3v) is 6.32. The normalized spacial score (nSPS) is 12.2. The molecule has 0 amide bonds. The molecule has 0 aliphatic carbocycles. The Morgan fingerprint density at radius 2 is 1.73 bits per heavy atom. The molecule has 2 N–H and O–H groups in total. The van der Waals surface area contributed by atoms with Gasteiger partial charge in [-0.3, -0.25) is 4.79 Å². The van der Waals surface area contributed by atoms with Crippen LogP contribution in [0.2, 0.25) is 5.02 Å². The molecular formula is C21H25ClN2O4S2. The molecule has 9 heteroatoms. The van der Waals surface area contributed by atoms with Crippen LogP contribution in [0, 0.1) is 0 Å². The standard InChI is InChI=1S/C21H25ClN2O4S2/c1-3-5-19(24-30(26,27)18-12-8-16(22)9-13-18)21(29)23-17-10-6-15(7-11-17)14-20(25)28-4-2/h6-13,19,24H,3-5,14H2,1-2H3,(H,23,29)/t19-/m0/s1. The van der Waals surface area contributed by atoms with Gasteiger partial charge in [0.15, 0.2) is 0 Å². The maximum Gasteiger partial charge on any atom is 0.310 e. The monoisotopic (exact) mass is 468 g/mol. The first-order chi connectivity index (χ1) is 14.2. The highest BCUT2D eigenvalue weighted by molar-refractivity contribution is 7.89. The van der Waals surface area contributed by atoms with Crippen LogP contribution in [0.5, 0.6) is 0 Å². The molecule has 0 heterocycles. The average Bonchev–Trinajstić information content (AvgIpc) is 2.69. The predicted molar refractivity (Wildman–Crippen MR) is 123 cm³/mol. The van der Waals surface area contributed by atoms with Crippen LogP contribution in [-0.2, 0) is 26.0 Å². The van der Waals surface area contributed by atoms with E-state index in [0.717, 1.165) is 12.0 Å². The Morgan fingerprint density at radius 3 is 2.30 bits per heavy atom. The van der Waals surface area contributed by atoms with Crippen LogP contribution in [0.25, 0.3) is 0 Å². The van der Waals surface area contributed by atoms with Gasteiger partial charge in [0.1, 0.15) is 0 Å². The zero-order valence-corrected chi connectivity index (χ0v) is 19.2. The van der Waals surface area contributed by atoms with Crippen molar-refractivity contribution < 1.29 is 17.9 Å². The molecule has 6 nitrogen and oxygen atoms in total. The maximum atomic E-state index is 12.7. The fourth-order valence-electron chi connectivity index (χ4n) is 2.72. The summed E-state index contributed by atoms with van der Waals surface area (Å²) in [5.41, 5.74) is 1.53. The van der Waals surface area contributed by atoms with E-state index < -0.39 is 16.1 Å². The van der Waals surface area contributed by atoms with E-state index in [0.29, 0.717) is 28.7 Å². The van der Waals surface area contributed by atoms with Crippen LogP contribution in [0.3, 0.4) is 0 Å². The lowest BCUT2D eigenvalue weighted by Crippen LogP contribution is -2.42. The fraction of sp³-hybridized carbons (Fsp3) is 0.333. The van der Waals surface area contributed by atoms with Crippen molar-refractivity contribution >= 4 is 50.5 Å². The Bertz CT molecular complexity index is 962. The van der Waals surface area contributed by atoms with Crippen molar-refractivity contribution in [3.63, 3.8) is 0 Å². The van der Waals surface area contributed by atoms with E-state index in [4.69, 9.17) is 28.6 Å². The summed E-state index contributed by atoms with van der Waals surface area (Å²) in [5, 5.41) is 3.54. The van der Waals surface area contributed by atoms with E-state index in [1.807, 2.05) is 6.92 Å². The molecule has 0 saturated heterocycles. The first-order valence-electron chi connectivity index (χ1n) is 9.58. The fourth-order valence-corrected chi connectivity index (χ4v) is 4.45. The summed E-state index contributed by atoms with van der Waals surface area (Å²) < 4.78 is 33.0. The number of nitrogens with one attached hydrogen (secondary N) is 2. The average molecular weight is 469 g/mol. The molecule has 2 aromatic rings. The number of esters is 1. The Kier molecular flexibility index (Phi) is 9.23. The molecule has 0 aliphatic rings. The summed E-state index contributed by atoms with van der Waals surface area (Å²) in [6, 6.07) is 12.6. The largest absolute Gasteiger partial charge is 0.466 e. The van der Waals surface area contributed by atoms with Crippen LogP contribution < -0.4 is 10.0 Å². The molecule has 0 spiro atoms. The molecule has 0 aliphatic heterocycles. The molecule has 0 fully saturated rings. The summed E-state index contributed by atoms with van der Waals surface area (Å²) in [7, 11) is -3.75. The summed E-state index contributed by atoms with van der Waals surface area (Å²) >= 11 is 11.3. The van der Waals surface area contributed by atoms with Gasteiger partial charge in [0.25, 0.3) is 0 Å². The number of sulfonamides is 1. The highest BCUT2D eigenvalue weighted by atomic mass is 35.5. The number of ether oxygens (including phenoxy) is 1. The van der Waals surface area contributed by atoms with Gasteiger partial charge in [0.05, 0.1) is 29.0 Å². The Morgan fingerprint density at radius 1 is 1.10 bits per heavy atom. The van der Waals surface area contributed by atoms with Gasteiger partial charge >= 0.3 is 5.97 Å². The van der Waals surface area contributed by atoms with Crippen LogP contribution >= 0.6 is 23.8 Å². The molecule has 0 unspecified atom stereocenters. The van der Waals surface area contributed by atoms with Gasteiger partial charge in [0.2, 0.25) is 10.0 Å². The smallest absolute Gasteiger partial charge is 0.310 e. The second-order valence-corrected chi connectivity index (χ2v) is 9.17. The van der Waals surface area contributed by atoms with E-state index in [1.54, 1.807) is 31.2 Å². The number of carbonyl (C=O) groups is 1. The van der Waals surface area contributed by atoms with Gasteiger partial charge in [-0.1, -0.05) is 49.3 Å². The Balaban J connectivity index is 2.06. The van der Waals surface area contributed by atoms with Gasteiger partial charge < -0.3 is 10.1 Å². The number of thiocarbonyl (C=S) groups is 1. The SMILES string of the molecule is CCC[C@H](NS(=O)(=O)c1ccc(Cl)cc1)C(=S)Nc1ccc(CC(=O)OCC)cc1. The van der Waals surface area contributed by atoms with E-state index in [2.05, 4.69) is 10.0 Å². The number of benzene rings is 2. The van der Waals surface area contributed by atoms with Crippen molar-refractivity contribution in [2.75, 3.05) is 11.9 Å². The second-order valence-electron chi connectivity index (χ2n) is 6.58. The minimum absolute atomic E-state index is 0.124. The molecule has 2 rings (SSSR count). The van der Waals surface area contributed by atoms with E-state index in [9.17, 15) is 13.2 Å². The quantitative estimate of drug-likeness (QED) is 0.398. The van der Waals surface area contributed by atoms with Gasteiger partial charge in [-0.25, -0.2) is 13.1 Å². The Hall–Kier alpha value is -2.00. The third kappa shape index (κ3) is 7.36. The van der Waals surface area contributed by atoms with Crippen molar-refractivity contribution in [2.45, 2.75) is 44.0 Å². The van der Waals surface area contributed by atoms with Crippen LogP contribution in [0.1, 0.15) is 32.3 Å². The van der Waals surface area contributed by atoms with Crippen molar-refractivity contribution in [1.29, 1.82) is 0 Å². The molecule has 0 radical (unpaired) electrons. The minimum atomic E-state index is -3.75. The zero-order chi connectivity index (χ0) is 22.1. The van der Waals surface area contributed by atoms with Crippen LogP contribution in [0.15, 0.2) is 53.4 Å². The molecule has 162 valence electrons. The van der Waals surface area contributed by atoms with E-state index >= 15 is 0 Å². The molecule has 1 atom stereocenters. The number of hydrogen-bond acceptors (Lipinski definition) is 5. The van der Waals surface area contributed by atoms with Crippen molar-refractivity contribution in [2.24, 2.45) is 0 Å². The third-order valence-electron chi connectivity index (χ3n) is 4.19. The van der Waals surface area contributed by atoms with Crippen LogP contribution in [0.4, 0.5) is 5.69 Å². The maximum absolute atomic E-state index is 12.7. The lowest BCUT2D eigenvalue weighted by molar-refractivity contribution is -0.142. The van der Waals surface area contributed by atoms with Crippen molar-refractivity contribution in [1.82, 2.24) is 4.72 Å². The van der Waals surface area contributed by atoms with Gasteiger partial charge in [0, 0.05) is 10.7 Å². The molecule has 0 saturated carbocycles. The first-order valence-corrected chi connectivity index (χ1v) is 11.9. The van der Waals surface area contributed by atoms with Gasteiger partial charge in [-0.05, 0) is 55.3 Å². The molecular weight excluding hydrogens is 444 g/mol. The van der Waals surface area contributed by atoms with Crippen molar-refractivity contribution in [3.05, 3.63) is 59.1 Å². The lowest BCUT2D eigenvalue weighted by Gasteiger charge is -2.20. The minimum Gasteiger partial charge on any atom is -0.466 e. The first kappa shape index (κ1) is 24.3. The Labute approximate surface area is 188 Å². The molecule has 0 aromatic heterocycles. The summed E-state index contributed by atoms with van der Waals surface area (Å²) in [5.74, 6) is -0.284. The summed E-state index contributed by atoms with van der Waals surface area (Å²) in [6.07, 6.45) is 1.48. The highest BCUT2D eigenvalue weighted by Gasteiger charge is 2.23. The topological polar surface area (TPSA) is 84.5 Å². The van der Waals surface area contributed by atoms with E-state index in [1.165, 1.54) is 24.3 Å². The summed E-state index contributed by atoms with van der Waals surface area (Å²) in [4.78, 5) is 12.1. The van der Waals surface area contributed by atoms with E-state index in [-0.39, 0.29) is 17.3 Å². The number of hydrogen-bond donors (Lipinski definition) is 2. The van der Waals surface area contributed by atoms with Gasteiger partial charge in [-0.15, -0.1) is 0 Å². The van der Waals surface area contributed by atoms with Crippen molar-refractivity contribution in [3.8, 4) is 0 Å². The lowest BCUT2D eigenvalue weighted by atomic mass is 10.1. The van der Waals surface area contributed by atoms with Crippen LogP contribution in [-0.4, -0.2) is 32.0 Å². The highest BCUT2D eigenvalue weighted by Crippen LogP contribution is 2.17. The molecule has 30 heavy (non-hydrogen) atoms. The predicted octanol–water partition coefficient (Wildman–Crippen LogP) is 4.33. The molecule has 2 aromatic carbocycles. The zero-order valence-electron chi connectivity index (χ0n) is 16.9. The number of anilines is 1. The molecule has 0 bridgehead atoms. The van der Waals surface area contributed by atoms with Gasteiger partial charge in [-0.2, -0.15) is 0 Å². The summed E-state index contributed by atoms with van der Waals surface area (Å²) in [6.45, 7) is 4.06. The second kappa shape index (κ2) is 11.4.